The third-order valence-electron chi connectivity index (χ3n) is 7.21. The molecule has 1 aromatic heterocycles. The van der Waals surface area contributed by atoms with Gasteiger partial charge in [0.1, 0.15) is 12.8 Å². The molecule has 1 amide bonds. The number of amides is 1. The summed E-state index contributed by atoms with van der Waals surface area (Å²) in [4.78, 5) is 15.7. The minimum Gasteiger partial charge on any atom is -0.444 e. The Morgan fingerprint density at radius 2 is 1.47 bits per heavy atom. The molecule has 0 bridgehead atoms. The van der Waals surface area contributed by atoms with Crippen molar-refractivity contribution in [3.8, 4) is 0 Å². The number of carbonyl (C=O) groups is 1. The van der Waals surface area contributed by atoms with Crippen LogP contribution in [-0.4, -0.2) is 44.7 Å². The lowest BCUT2D eigenvalue weighted by molar-refractivity contribution is 0.00881. The van der Waals surface area contributed by atoms with Crippen LogP contribution in [0.25, 0.3) is 10.9 Å². The molecule has 0 N–H and O–H groups in total. The lowest BCUT2D eigenvalue weighted by Crippen LogP contribution is -2.48. The highest BCUT2D eigenvalue weighted by Crippen LogP contribution is 2.27. The van der Waals surface area contributed by atoms with E-state index in [0.717, 1.165) is 23.7 Å². The molecule has 1 unspecified atom stereocenters. The van der Waals surface area contributed by atoms with E-state index in [1.54, 1.807) is 0 Å². The van der Waals surface area contributed by atoms with Crippen molar-refractivity contribution in [3.05, 3.63) is 120 Å². The van der Waals surface area contributed by atoms with Crippen molar-refractivity contribution in [3.63, 3.8) is 0 Å². The Morgan fingerprint density at radius 1 is 0.860 bits per heavy atom. The molecule has 0 aliphatic rings. The average Bonchev–Trinajstić information content (AvgIpc) is 3.28. The van der Waals surface area contributed by atoms with E-state index in [4.69, 9.17) is 9.16 Å². The minimum atomic E-state index is -2.02. The van der Waals surface area contributed by atoms with Gasteiger partial charge in [0.2, 0.25) is 0 Å². The van der Waals surface area contributed by atoms with Crippen LogP contribution >= 0.6 is 0 Å². The summed E-state index contributed by atoms with van der Waals surface area (Å²) in [5.41, 5.74) is 5.76. The Morgan fingerprint density at radius 3 is 2.09 bits per heavy atom. The summed E-state index contributed by atoms with van der Waals surface area (Å²) in [6.45, 7) is 19.5. The molecular weight excluding hydrogens is 565 g/mol. The number of rotatable bonds is 14. The van der Waals surface area contributed by atoms with Gasteiger partial charge < -0.3 is 13.7 Å². The molecule has 4 rings (SSSR count). The van der Waals surface area contributed by atoms with E-state index in [1.165, 1.54) is 22.0 Å². The number of hydrogen-bond acceptors (Lipinski definition) is 3. The first kappa shape index (κ1) is 32.5. The Hall–Kier alpha value is -3.40. The van der Waals surface area contributed by atoms with Crippen molar-refractivity contribution in [1.82, 2.24) is 9.47 Å². The van der Waals surface area contributed by atoms with Gasteiger partial charge in [-0.2, -0.15) is 0 Å². The standard InChI is InChI=1S/C36H48N2O3Si2/c1-29(28-42(2,3)4)24-35(41-43(5,6)7)38(36(39)40-27-31-18-12-9-13-19-31)23-22-32-26-37(25-30-16-10-8-11-17-30)34-21-15-14-20-33(32)34/h8-21,26,35H,1,22-25,27-28H2,2-7H3. The first-order chi connectivity index (χ1) is 20.4. The van der Waals surface area contributed by atoms with Gasteiger partial charge in [0.05, 0.1) is 0 Å². The molecular formula is C36H48N2O3Si2. The van der Waals surface area contributed by atoms with E-state index >= 15 is 0 Å². The number of benzene rings is 3. The monoisotopic (exact) mass is 612 g/mol. The van der Waals surface area contributed by atoms with Crippen molar-refractivity contribution in [2.75, 3.05) is 6.54 Å². The topological polar surface area (TPSA) is 43.7 Å². The van der Waals surface area contributed by atoms with Crippen LogP contribution in [0, 0.1) is 0 Å². The summed E-state index contributed by atoms with van der Waals surface area (Å²) in [6, 6.07) is 29.9. The molecule has 1 heterocycles. The maximum Gasteiger partial charge on any atom is 0.412 e. The van der Waals surface area contributed by atoms with Crippen LogP contribution in [0.2, 0.25) is 45.3 Å². The zero-order chi connectivity index (χ0) is 31.0. The highest BCUT2D eigenvalue weighted by molar-refractivity contribution is 6.76. The number of aromatic nitrogens is 1. The first-order valence-corrected chi connectivity index (χ1v) is 22.4. The molecule has 0 saturated heterocycles. The van der Waals surface area contributed by atoms with Gasteiger partial charge in [-0.25, -0.2) is 4.79 Å². The smallest absolute Gasteiger partial charge is 0.412 e. The summed E-state index contributed by atoms with van der Waals surface area (Å²) in [7, 11) is -3.40. The zero-order valence-corrected chi connectivity index (χ0v) is 28.8. The molecule has 43 heavy (non-hydrogen) atoms. The van der Waals surface area contributed by atoms with Crippen LogP contribution < -0.4 is 0 Å². The van der Waals surface area contributed by atoms with Crippen molar-refractivity contribution < 1.29 is 14.0 Å². The lowest BCUT2D eigenvalue weighted by atomic mass is 10.1. The predicted octanol–water partition coefficient (Wildman–Crippen LogP) is 9.33. The van der Waals surface area contributed by atoms with Crippen LogP contribution in [0.5, 0.6) is 0 Å². The van der Waals surface area contributed by atoms with Gasteiger partial charge in [0.25, 0.3) is 0 Å². The first-order valence-electron chi connectivity index (χ1n) is 15.3. The van der Waals surface area contributed by atoms with E-state index in [-0.39, 0.29) is 12.7 Å². The second-order valence-electron chi connectivity index (χ2n) is 13.6. The maximum atomic E-state index is 13.9. The Balaban J connectivity index is 1.62. The van der Waals surface area contributed by atoms with Gasteiger partial charge in [0, 0.05) is 44.7 Å². The average molecular weight is 613 g/mol. The number of ether oxygens (including phenoxy) is 1. The van der Waals surface area contributed by atoms with Crippen LogP contribution in [0.15, 0.2) is 103 Å². The quantitative estimate of drug-likeness (QED) is 0.0810. The predicted molar refractivity (Wildman–Crippen MR) is 185 cm³/mol. The molecule has 0 aliphatic carbocycles. The van der Waals surface area contributed by atoms with Crippen LogP contribution in [0.4, 0.5) is 4.79 Å². The van der Waals surface area contributed by atoms with Gasteiger partial charge in [-0.3, -0.25) is 4.90 Å². The van der Waals surface area contributed by atoms with E-state index in [2.05, 4.69) is 105 Å². The number of para-hydroxylation sites is 1. The number of nitrogens with zero attached hydrogens (tertiary/aromatic N) is 2. The number of hydrogen-bond donors (Lipinski definition) is 0. The molecule has 3 aromatic carbocycles. The minimum absolute atomic E-state index is 0.224. The molecule has 1 atom stereocenters. The number of carbonyl (C=O) groups excluding carboxylic acids is 1. The molecule has 4 aromatic rings. The molecule has 5 nitrogen and oxygen atoms in total. The fraction of sp³-hybridized carbons (Fsp3) is 0.361. The molecule has 7 heteroatoms. The van der Waals surface area contributed by atoms with E-state index < -0.39 is 22.6 Å². The van der Waals surface area contributed by atoms with Gasteiger partial charge >= 0.3 is 6.09 Å². The van der Waals surface area contributed by atoms with Crippen molar-refractivity contribution in [2.45, 2.75) is 77.5 Å². The molecule has 0 fully saturated rings. The molecule has 0 saturated carbocycles. The van der Waals surface area contributed by atoms with Gasteiger partial charge in [-0.05, 0) is 54.9 Å². The van der Waals surface area contributed by atoms with Crippen molar-refractivity contribution in [2.24, 2.45) is 0 Å². The summed E-state index contributed by atoms with van der Waals surface area (Å²) in [5.74, 6) is 0. The van der Waals surface area contributed by atoms with Crippen molar-refractivity contribution >= 4 is 33.4 Å². The Kier molecular flexibility index (Phi) is 10.9. The third-order valence-corrected chi connectivity index (χ3v) is 9.75. The largest absolute Gasteiger partial charge is 0.444 e. The normalized spacial score (nSPS) is 12.7. The SMILES string of the molecule is C=C(CC(O[Si](C)(C)C)N(CCc1cn(Cc2ccccc2)c2ccccc12)C(=O)OCc1ccccc1)C[Si](C)(C)C. The van der Waals surface area contributed by atoms with Crippen LogP contribution in [0.3, 0.4) is 0 Å². The third kappa shape index (κ3) is 10.1. The van der Waals surface area contributed by atoms with Crippen molar-refractivity contribution in [1.29, 1.82) is 0 Å². The second kappa shape index (κ2) is 14.4. The molecule has 0 spiro atoms. The highest BCUT2D eigenvalue weighted by Gasteiger charge is 2.32. The fourth-order valence-electron chi connectivity index (χ4n) is 5.52. The number of fused-ring (bicyclic) bond motifs is 1. The maximum absolute atomic E-state index is 13.9. The zero-order valence-electron chi connectivity index (χ0n) is 26.8. The van der Waals surface area contributed by atoms with E-state index in [0.29, 0.717) is 19.4 Å². The summed E-state index contributed by atoms with van der Waals surface area (Å²) >= 11 is 0. The van der Waals surface area contributed by atoms with Crippen LogP contribution in [-0.2, 0) is 28.7 Å². The molecule has 0 aliphatic heterocycles. The Bertz CT molecular complexity index is 1490. The Labute approximate surface area is 260 Å². The summed E-state index contributed by atoms with van der Waals surface area (Å²) in [5, 5.41) is 1.21. The second-order valence-corrected chi connectivity index (χ2v) is 23.6. The summed E-state index contributed by atoms with van der Waals surface area (Å²) < 4.78 is 15.0. The highest BCUT2D eigenvalue weighted by atomic mass is 28.4. The van der Waals surface area contributed by atoms with Gasteiger partial charge in [-0.15, -0.1) is 0 Å². The van der Waals surface area contributed by atoms with Crippen LogP contribution in [0.1, 0.15) is 23.1 Å². The molecule has 0 radical (unpaired) electrons. The van der Waals surface area contributed by atoms with Gasteiger partial charge in [-0.1, -0.05) is 111 Å². The molecule has 228 valence electrons. The fourth-order valence-corrected chi connectivity index (χ4v) is 8.19. The lowest BCUT2D eigenvalue weighted by Gasteiger charge is -2.36. The van der Waals surface area contributed by atoms with E-state index in [9.17, 15) is 4.79 Å². The van der Waals surface area contributed by atoms with E-state index in [1.807, 2.05) is 41.3 Å². The summed E-state index contributed by atoms with van der Waals surface area (Å²) in [6.07, 6.45) is 2.78. The van der Waals surface area contributed by atoms with Gasteiger partial charge in [0.15, 0.2) is 8.32 Å².